The first-order valence-corrected chi connectivity index (χ1v) is 6.48. The fraction of sp³-hybridized carbons (Fsp3) is 0.167. The van der Waals surface area contributed by atoms with Crippen LogP contribution in [-0.2, 0) is 6.54 Å². The number of rotatable bonds is 4. The highest BCUT2D eigenvalue weighted by atomic mass is 79.9. The van der Waals surface area contributed by atoms with Crippen molar-refractivity contribution in [3.63, 3.8) is 0 Å². The van der Waals surface area contributed by atoms with Crippen LogP contribution >= 0.6 is 15.9 Å². The highest BCUT2D eigenvalue weighted by Crippen LogP contribution is 2.21. The molecule has 8 heteroatoms. The molecule has 0 spiro atoms. The molecule has 2 N–H and O–H groups in total. The van der Waals surface area contributed by atoms with Gasteiger partial charge in [0.2, 0.25) is 0 Å². The number of hydrogen-bond acceptors (Lipinski definition) is 4. The van der Waals surface area contributed by atoms with Crippen molar-refractivity contribution in [1.29, 1.82) is 0 Å². The van der Waals surface area contributed by atoms with E-state index < -0.39 is 4.92 Å². The Balaban J connectivity index is 2.13. The zero-order valence-corrected chi connectivity index (χ0v) is 12.1. The Morgan fingerprint density at radius 2 is 2.25 bits per heavy atom. The van der Waals surface area contributed by atoms with Gasteiger partial charge in [-0.05, 0) is 13.0 Å². The minimum absolute atomic E-state index is 0.135. The minimum atomic E-state index is -0.540. The zero-order chi connectivity index (χ0) is 14.7. The van der Waals surface area contributed by atoms with Crippen LogP contribution in [0.25, 0.3) is 0 Å². The smallest absolute Gasteiger partial charge is 0.271 e. The summed E-state index contributed by atoms with van der Waals surface area (Å²) in [7, 11) is 0. The molecule has 0 saturated carbocycles. The number of halogens is 1. The van der Waals surface area contributed by atoms with Crippen molar-refractivity contribution < 1.29 is 9.72 Å². The van der Waals surface area contributed by atoms with Gasteiger partial charge in [0.15, 0.2) is 0 Å². The Morgan fingerprint density at radius 1 is 1.50 bits per heavy atom. The number of nitrogens with one attached hydrogen (secondary N) is 2. The number of benzene rings is 1. The number of hydrogen-bond donors (Lipinski definition) is 2. The first kappa shape index (κ1) is 14.2. The Kier molecular flexibility index (Phi) is 4.14. The van der Waals surface area contributed by atoms with E-state index in [-0.39, 0.29) is 17.2 Å². The van der Waals surface area contributed by atoms with Crippen LogP contribution in [0.2, 0.25) is 0 Å². The van der Waals surface area contributed by atoms with E-state index in [4.69, 9.17) is 0 Å². The van der Waals surface area contributed by atoms with Gasteiger partial charge < -0.3 is 5.32 Å². The van der Waals surface area contributed by atoms with Gasteiger partial charge in [-0.25, -0.2) is 0 Å². The monoisotopic (exact) mass is 338 g/mol. The summed E-state index contributed by atoms with van der Waals surface area (Å²) >= 11 is 3.15. The number of nitrogens with zero attached hydrogens (tertiary/aromatic N) is 2. The number of aromatic nitrogens is 2. The topological polar surface area (TPSA) is 101 Å². The van der Waals surface area contributed by atoms with E-state index in [1.165, 1.54) is 18.2 Å². The third-order valence-electron chi connectivity index (χ3n) is 2.73. The third kappa shape index (κ3) is 3.21. The molecule has 0 atom stereocenters. The second-order valence-electron chi connectivity index (χ2n) is 4.16. The maximum Gasteiger partial charge on any atom is 0.271 e. The van der Waals surface area contributed by atoms with Gasteiger partial charge >= 0.3 is 0 Å². The lowest BCUT2D eigenvalue weighted by atomic mass is 10.2. The molecule has 2 aromatic rings. The molecule has 0 aliphatic carbocycles. The normalized spacial score (nSPS) is 10.3. The average Bonchev–Trinajstić information content (AvgIpc) is 2.80. The van der Waals surface area contributed by atoms with Crippen LogP contribution in [-0.4, -0.2) is 21.0 Å². The zero-order valence-electron chi connectivity index (χ0n) is 10.5. The van der Waals surface area contributed by atoms with E-state index in [9.17, 15) is 14.9 Å². The Morgan fingerprint density at radius 3 is 2.85 bits per heavy atom. The predicted molar refractivity (Wildman–Crippen MR) is 75.3 cm³/mol. The molecule has 2 rings (SSSR count). The maximum absolute atomic E-state index is 12.0. The van der Waals surface area contributed by atoms with Gasteiger partial charge in [0.1, 0.15) is 0 Å². The number of nitro groups is 1. The number of nitro benzene ring substituents is 1. The van der Waals surface area contributed by atoms with Crippen molar-refractivity contribution in [3.05, 3.63) is 55.8 Å². The molecule has 1 heterocycles. The molecule has 20 heavy (non-hydrogen) atoms. The highest BCUT2D eigenvalue weighted by Gasteiger charge is 2.14. The fourth-order valence-electron chi connectivity index (χ4n) is 1.64. The molecule has 1 aromatic carbocycles. The van der Waals surface area contributed by atoms with Gasteiger partial charge in [0.05, 0.1) is 11.1 Å². The third-order valence-corrected chi connectivity index (χ3v) is 3.19. The number of non-ortho nitro benzene ring substituents is 1. The summed E-state index contributed by atoms with van der Waals surface area (Å²) in [5, 5.41) is 20.1. The number of aromatic amines is 1. The number of H-pyrrole nitrogens is 1. The Labute approximate surface area is 122 Å². The largest absolute Gasteiger partial charge is 0.348 e. The van der Waals surface area contributed by atoms with Crippen molar-refractivity contribution in [1.82, 2.24) is 15.5 Å². The maximum atomic E-state index is 12.0. The summed E-state index contributed by atoms with van der Waals surface area (Å²) in [6, 6.07) is 4.11. The van der Waals surface area contributed by atoms with Crippen molar-refractivity contribution in [2.24, 2.45) is 0 Å². The standard InChI is InChI=1S/C12H11BrN4O3/c1-7-9(6-15-16-7)5-14-12(18)8-2-10(13)4-11(3-8)17(19)20/h2-4,6H,5H2,1H3,(H,14,18)(H,15,16). The summed E-state index contributed by atoms with van der Waals surface area (Å²) in [5.74, 6) is -0.380. The van der Waals surface area contributed by atoms with E-state index in [1.54, 1.807) is 6.20 Å². The lowest BCUT2D eigenvalue weighted by molar-refractivity contribution is -0.385. The van der Waals surface area contributed by atoms with Gasteiger partial charge in [0.25, 0.3) is 11.6 Å². The van der Waals surface area contributed by atoms with Gasteiger partial charge in [-0.3, -0.25) is 20.0 Å². The average molecular weight is 339 g/mol. The van der Waals surface area contributed by atoms with Crippen LogP contribution in [0, 0.1) is 17.0 Å². The number of aryl methyl sites for hydroxylation is 1. The first-order valence-electron chi connectivity index (χ1n) is 5.69. The molecule has 0 bridgehead atoms. The van der Waals surface area contributed by atoms with Crippen molar-refractivity contribution in [3.8, 4) is 0 Å². The molecule has 1 amide bonds. The quantitative estimate of drug-likeness (QED) is 0.659. The lowest BCUT2D eigenvalue weighted by Gasteiger charge is -2.05. The van der Waals surface area contributed by atoms with Gasteiger partial charge in [-0.1, -0.05) is 15.9 Å². The van der Waals surface area contributed by atoms with E-state index in [1.807, 2.05) is 6.92 Å². The van der Waals surface area contributed by atoms with Crippen LogP contribution in [0.5, 0.6) is 0 Å². The number of carbonyl (C=O) groups excluding carboxylic acids is 1. The van der Waals surface area contributed by atoms with Crippen molar-refractivity contribution >= 4 is 27.5 Å². The molecule has 0 unspecified atom stereocenters. The number of amides is 1. The summed E-state index contributed by atoms with van der Waals surface area (Å²) in [6.07, 6.45) is 1.62. The molecular weight excluding hydrogens is 328 g/mol. The Bertz CT molecular complexity index is 668. The first-order chi connectivity index (χ1) is 9.47. The van der Waals surface area contributed by atoms with Crippen LogP contribution in [0.1, 0.15) is 21.6 Å². The lowest BCUT2D eigenvalue weighted by Crippen LogP contribution is -2.23. The number of carbonyl (C=O) groups is 1. The van der Waals surface area contributed by atoms with Crippen molar-refractivity contribution in [2.45, 2.75) is 13.5 Å². The summed E-state index contributed by atoms with van der Waals surface area (Å²) < 4.78 is 0.483. The molecular formula is C12H11BrN4O3. The molecule has 0 aliphatic rings. The molecule has 0 radical (unpaired) electrons. The SMILES string of the molecule is Cc1[nH]ncc1CNC(=O)c1cc(Br)cc([N+](=O)[O-])c1. The van der Waals surface area contributed by atoms with E-state index >= 15 is 0 Å². The highest BCUT2D eigenvalue weighted by molar-refractivity contribution is 9.10. The molecule has 0 aliphatic heterocycles. The van der Waals surface area contributed by atoms with E-state index in [0.29, 0.717) is 11.0 Å². The summed E-state index contributed by atoms with van der Waals surface area (Å²) in [6.45, 7) is 2.15. The van der Waals surface area contributed by atoms with Crippen LogP contribution in [0.15, 0.2) is 28.9 Å². The fourth-order valence-corrected chi connectivity index (χ4v) is 2.12. The van der Waals surface area contributed by atoms with Gasteiger partial charge in [0, 0.05) is 40.0 Å². The molecule has 104 valence electrons. The Hall–Kier alpha value is -2.22. The predicted octanol–water partition coefficient (Wildman–Crippen LogP) is 2.32. The van der Waals surface area contributed by atoms with E-state index in [2.05, 4.69) is 31.4 Å². The van der Waals surface area contributed by atoms with Gasteiger partial charge in [-0.15, -0.1) is 0 Å². The van der Waals surface area contributed by atoms with Crippen LogP contribution in [0.4, 0.5) is 5.69 Å². The molecule has 7 nitrogen and oxygen atoms in total. The second kappa shape index (κ2) is 5.83. The summed E-state index contributed by atoms with van der Waals surface area (Å²) in [4.78, 5) is 22.2. The molecule has 0 saturated heterocycles. The second-order valence-corrected chi connectivity index (χ2v) is 5.07. The van der Waals surface area contributed by atoms with Gasteiger partial charge in [-0.2, -0.15) is 5.10 Å². The van der Waals surface area contributed by atoms with Crippen LogP contribution in [0.3, 0.4) is 0 Å². The molecule has 1 aromatic heterocycles. The molecule has 0 fully saturated rings. The minimum Gasteiger partial charge on any atom is -0.348 e. The van der Waals surface area contributed by atoms with Crippen LogP contribution < -0.4 is 5.32 Å². The van der Waals surface area contributed by atoms with E-state index in [0.717, 1.165) is 11.3 Å². The summed E-state index contributed by atoms with van der Waals surface area (Å²) in [5.41, 5.74) is 1.82. The van der Waals surface area contributed by atoms with Crippen molar-refractivity contribution in [2.75, 3.05) is 0 Å².